The predicted octanol–water partition coefficient (Wildman–Crippen LogP) is 3.67. The molecule has 0 atom stereocenters. The number of amides is 1. The zero-order valence-electron chi connectivity index (χ0n) is 15.3. The van der Waals surface area contributed by atoms with E-state index >= 15 is 0 Å². The first-order valence-electron chi connectivity index (χ1n) is 8.89. The van der Waals surface area contributed by atoms with Crippen molar-refractivity contribution in [1.82, 2.24) is 5.32 Å². The number of ether oxygens (including phenoxy) is 1. The molecule has 0 radical (unpaired) electrons. The topological polar surface area (TPSA) is 96.9 Å². The molecule has 0 bridgehead atoms. The molecule has 2 rings (SSSR count). The Labute approximate surface area is 181 Å². The lowest BCUT2D eigenvalue weighted by atomic mass is 10.1. The zero-order chi connectivity index (χ0) is 20.4. The third-order valence-corrected chi connectivity index (χ3v) is 5.12. The molecule has 0 saturated carbocycles. The lowest BCUT2D eigenvalue weighted by molar-refractivity contribution is -0.115. The molecular formula is C20H23Br2N3O3. The normalized spacial score (nSPS) is 11.3. The summed E-state index contributed by atoms with van der Waals surface area (Å²) in [5, 5.41) is 15.0. The van der Waals surface area contributed by atoms with E-state index in [2.05, 4.69) is 42.3 Å². The molecule has 0 saturated heterocycles. The Kier molecular flexibility index (Phi) is 9.46. The molecule has 0 heterocycles. The first-order valence-corrected chi connectivity index (χ1v) is 10.5. The highest BCUT2D eigenvalue weighted by molar-refractivity contribution is 9.11. The second-order valence-corrected chi connectivity index (χ2v) is 7.80. The molecule has 4 N–H and O–H groups in total. The maximum absolute atomic E-state index is 12.2. The van der Waals surface area contributed by atoms with Crippen molar-refractivity contribution >= 4 is 43.5 Å². The minimum Gasteiger partial charge on any atom is -0.491 e. The number of benzene rings is 2. The van der Waals surface area contributed by atoms with E-state index in [0.717, 1.165) is 26.5 Å². The summed E-state index contributed by atoms with van der Waals surface area (Å²) in [5.74, 6) is 0.327. The highest BCUT2D eigenvalue weighted by Gasteiger charge is 2.13. The molecule has 2 aromatic carbocycles. The number of carbonyl (C=O) groups is 1. The van der Waals surface area contributed by atoms with Gasteiger partial charge < -0.3 is 21.0 Å². The fourth-order valence-electron chi connectivity index (χ4n) is 2.56. The molecule has 0 aliphatic rings. The number of halogens is 2. The molecule has 0 aromatic heterocycles. The van der Waals surface area contributed by atoms with Crippen molar-refractivity contribution in [3.8, 4) is 5.75 Å². The average Bonchev–Trinajstić information content (AvgIpc) is 2.68. The first kappa shape index (κ1) is 22.4. The number of oxime groups is 1. The molecule has 0 aliphatic heterocycles. The van der Waals surface area contributed by atoms with Gasteiger partial charge in [0.05, 0.1) is 15.6 Å². The number of nitrogens with two attached hydrogens (primary N) is 1. The molecule has 0 fully saturated rings. The average molecular weight is 513 g/mol. The van der Waals surface area contributed by atoms with Gasteiger partial charge in [-0.2, -0.15) is 0 Å². The largest absolute Gasteiger partial charge is 0.491 e. The Hall–Kier alpha value is -1.90. The second-order valence-electron chi connectivity index (χ2n) is 6.09. The number of nitrogens with zero attached hydrogens (tertiary/aromatic N) is 1. The van der Waals surface area contributed by atoms with Gasteiger partial charge in [0.1, 0.15) is 11.5 Å². The third-order valence-electron chi connectivity index (χ3n) is 3.94. The molecule has 0 spiro atoms. The van der Waals surface area contributed by atoms with Crippen LogP contribution in [0.1, 0.15) is 17.5 Å². The van der Waals surface area contributed by atoms with Gasteiger partial charge in [-0.3, -0.25) is 4.79 Å². The van der Waals surface area contributed by atoms with Crippen molar-refractivity contribution in [1.29, 1.82) is 0 Å². The fraction of sp³-hybridized carbons (Fsp3) is 0.300. The van der Waals surface area contributed by atoms with Crippen molar-refractivity contribution in [2.45, 2.75) is 19.3 Å². The Morgan fingerprint density at radius 1 is 1.14 bits per heavy atom. The number of hydrogen-bond donors (Lipinski definition) is 3. The van der Waals surface area contributed by atoms with Crippen molar-refractivity contribution in [3.63, 3.8) is 0 Å². The van der Waals surface area contributed by atoms with Crippen LogP contribution in [0.15, 0.2) is 56.6 Å². The molecule has 28 heavy (non-hydrogen) atoms. The summed E-state index contributed by atoms with van der Waals surface area (Å²) in [6.45, 7) is 1.42. The summed E-state index contributed by atoms with van der Waals surface area (Å²) in [5.41, 5.74) is 7.69. The quantitative estimate of drug-likeness (QED) is 0.196. The Morgan fingerprint density at radius 2 is 1.82 bits per heavy atom. The lowest BCUT2D eigenvalue weighted by Crippen LogP contribution is -2.33. The van der Waals surface area contributed by atoms with E-state index in [-0.39, 0.29) is 18.0 Å². The van der Waals surface area contributed by atoms with Crippen LogP contribution in [-0.4, -0.2) is 36.5 Å². The summed E-state index contributed by atoms with van der Waals surface area (Å²) in [6.07, 6.45) is 1.68. The van der Waals surface area contributed by atoms with Crippen LogP contribution in [-0.2, 0) is 17.6 Å². The van der Waals surface area contributed by atoms with Gasteiger partial charge in [-0.15, -0.1) is 0 Å². The maximum atomic E-state index is 12.2. The van der Waals surface area contributed by atoms with Crippen molar-refractivity contribution in [2.24, 2.45) is 10.9 Å². The summed E-state index contributed by atoms with van der Waals surface area (Å²) < 4.78 is 7.52. The summed E-state index contributed by atoms with van der Waals surface area (Å²) in [7, 11) is 0. The van der Waals surface area contributed by atoms with E-state index in [1.807, 2.05) is 42.5 Å². The van der Waals surface area contributed by atoms with Crippen LogP contribution in [0, 0.1) is 0 Å². The molecule has 2 aromatic rings. The number of hydrogen-bond acceptors (Lipinski definition) is 5. The van der Waals surface area contributed by atoms with Crippen LogP contribution in [0.5, 0.6) is 5.75 Å². The summed E-state index contributed by atoms with van der Waals surface area (Å²) in [4.78, 5) is 12.2. The Morgan fingerprint density at radius 3 is 2.43 bits per heavy atom. The van der Waals surface area contributed by atoms with Crippen molar-refractivity contribution < 1.29 is 14.7 Å². The van der Waals surface area contributed by atoms with E-state index in [1.54, 1.807) is 0 Å². The van der Waals surface area contributed by atoms with E-state index in [0.29, 0.717) is 31.9 Å². The molecule has 8 heteroatoms. The monoisotopic (exact) mass is 511 g/mol. The van der Waals surface area contributed by atoms with Crippen molar-refractivity contribution in [3.05, 3.63) is 62.5 Å². The van der Waals surface area contributed by atoms with Gasteiger partial charge >= 0.3 is 0 Å². The van der Waals surface area contributed by atoms with Crippen LogP contribution in [0.25, 0.3) is 0 Å². The molecule has 6 nitrogen and oxygen atoms in total. The maximum Gasteiger partial charge on any atom is 0.269 e. The minimum absolute atomic E-state index is 0.0769. The fourth-order valence-corrected chi connectivity index (χ4v) is 4.07. The first-order chi connectivity index (χ1) is 13.5. The molecule has 0 aliphatic carbocycles. The van der Waals surface area contributed by atoms with Gasteiger partial charge in [-0.05, 0) is 74.5 Å². The van der Waals surface area contributed by atoms with E-state index < -0.39 is 0 Å². The highest BCUT2D eigenvalue weighted by atomic mass is 79.9. The molecular weight excluding hydrogens is 490 g/mol. The standard InChI is InChI=1S/C20H23Br2N3O3/c21-16-11-15(7-8-23)12-17(22)19(16)28-10-4-9-24-20(26)18(25-27)13-14-5-2-1-3-6-14/h1-3,5-6,11-12,27H,4,7-10,13,23H2,(H,24,26)/b25-18+. The van der Waals surface area contributed by atoms with Crippen LogP contribution in [0.4, 0.5) is 0 Å². The van der Waals surface area contributed by atoms with Crippen molar-refractivity contribution in [2.75, 3.05) is 19.7 Å². The molecule has 1 amide bonds. The van der Waals surface area contributed by atoms with E-state index in [1.165, 1.54) is 0 Å². The predicted molar refractivity (Wildman–Crippen MR) is 117 cm³/mol. The zero-order valence-corrected chi connectivity index (χ0v) is 18.5. The molecule has 0 unspecified atom stereocenters. The van der Waals surface area contributed by atoms with Gasteiger partial charge in [0.25, 0.3) is 5.91 Å². The van der Waals surface area contributed by atoms with Crippen LogP contribution < -0.4 is 15.8 Å². The smallest absolute Gasteiger partial charge is 0.269 e. The van der Waals surface area contributed by atoms with Crippen LogP contribution in [0.2, 0.25) is 0 Å². The van der Waals surface area contributed by atoms with Crippen LogP contribution in [0.3, 0.4) is 0 Å². The number of nitrogens with one attached hydrogen (secondary N) is 1. The lowest BCUT2D eigenvalue weighted by Gasteiger charge is -2.12. The van der Waals surface area contributed by atoms with Gasteiger partial charge in [0.15, 0.2) is 0 Å². The molecule has 150 valence electrons. The third kappa shape index (κ3) is 6.92. The SMILES string of the molecule is NCCc1cc(Br)c(OCCCNC(=O)/C(Cc2ccccc2)=N/O)c(Br)c1. The summed E-state index contributed by atoms with van der Waals surface area (Å²) in [6, 6.07) is 13.4. The second kappa shape index (κ2) is 11.8. The number of rotatable bonds is 10. The van der Waals surface area contributed by atoms with E-state index in [9.17, 15) is 4.79 Å². The minimum atomic E-state index is -0.389. The van der Waals surface area contributed by atoms with E-state index in [4.69, 9.17) is 15.7 Å². The Bertz CT molecular complexity index is 791. The summed E-state index contributed by atoms with van der Waals surface area (Å²) >= 11 is 7.02. The number of carbonyl (C=O) groups excluding carboxylic acids is 1. The van der Waals surface area contributed by atoms with Gasteiger partial charge in [-0.1, -0.05) is 35.5 Å². The van der Waals surface area contributed by atoms with Gasteiger partial charge in [0.2, 0.25) is 0 Å². The highest BCUT2D eigenvalue weighted by Crippen LogP contribution is 2.34. The van der Waals surface area contributed by atoms with Gasteiger partial charge in [0, 0.05) is 13.0 Å². The Balaban J connectivity index is 1.77. The van der Waals surface area contributed by atoms with Gasteiger partial charge in [-0.25, -0.2) is 0 Å². The van der Waals surface area contributed by atoms with Crippen LogP contribution >= 0.6 is 31.9 Å².